The minimum atomic E-state index is 0.499. The largest absolute Gasteiger partial charge is 0.350 e. The number of nitrogens with zero attached hydrogens (tertiary/aromatic N) is 3. The molecule has 4 nitrogen and oxygen atoms in total. The fraction of sp³-hybridized carbons (Fsp3) is 0.312. The molecule has 4 heteroatoms. The van der Waals surface area contributed by atoms with E-state index in [2.05, 4.69) is 51.9 Å². The average Bonchev–Trinajstić information content (AvgIpc) is 3.12. The predicted octanol–water partition coefficient (Wildman–Crippen LogP) is 2.45. The van der Waals surface area contributed by atoms with Gasteiger partial charge in [0.2, 0.25) is 0 Å². The van der Waals surface area contributed by atoms with E-state index < -0.39 is 0 Å². The number of rotatable bonds is 2. The summed E-state index contributed by atoms with van der Waals surface area (Å²) < 4.78 is 4.32. The van der Waals surface area contributed by atoms with Crippen LogP contribution in [0.2, 0.25) is 0 Å². The molecule has 3 aromatic rings. The first-order valence-corrected chi connectivity index (χ1v) is 7.12. The van der Waals surface area contributed by atoms with E-state index in [4.69, 9.17) is 5.73 Å². The van der Waals surface area contributed by atoms with Crippen molar-refractivity contribution in [2.45, 2.75) is 25.9 Å². The van der Waals surface area contributed by atoms with Gasteiger partial charge in [0.15, 0.2) is 0 Å². The van der Waals surface area contributed by atoms with Gasteiger partial charge >= 0.3 is 0 Å². The number of hydrogen-bond donors (Lipinski definition) is 1. The highest BCUT2D eigenvalue weighted by Gasteiger charge is 2.24. The number of benzene rings is 1. The van der Waals surface area contributed by atoms with E-state index in [1.54, 1.807) is 0 Å². The zero-order valence-corrected chi connectivity index (χ0v) is 11.6. The van der Waals surface area contributed by atoms with Crippen molar-refractivity contribution in [2.24, 2.45) is 12.8 Å². The van der Waals surface area contributed by atoms with Gasteiger partial charge in [-0.3, -0.25) is 4.68 Å². The number of fused-ring (bicyclic) bond motifs is 2. The molecule has 0 unspecified atom stereocenters. The maximum absolute atomic E-state index is 5.92. The van der Waals surface area contributed by atoms with Crippen LogP contribution in [0.1, 0.15) is 17.8 Å². The summed E-state index contributed by atoms with van der Waals surface area (Å²) in [6, 6.07) is 8.52. The molecule has 102 valence electrons. The van der Waals surface area contributed by atoms with E-state index in [9.17, 15) is 0 Å². The molecule has 0 aliphatic carbocycles. The molecule has 0 saturated heterocycles. The molecule has 3 heterocycles. The second kappa shape index (κ2) is 4.21. The highest BCUT2D eigenvalue weighted by atomic mass is 15.3. The zero-order chi connectivity index (χ0) is 13.7. The zero-order valence-electron chi connectivity index (χ0n) is 11.6. The third-order valence-electron chi connectivity index (χ3n) is 4.27. The first-order chi connectivity index (χ1) is 9.79. The van der Waals surface area contributed by atoms with Gasteiger partial charge in [-0.1, -0.05) is 18.2 Å². The highest BCUT2D eigenvalue weighted by molar-refractivity contribution is 5.97. The van der Waals surface area contributed by atoms with Crippen LogP contribution in [0.3, 0.4) is 0 Å². The summed E-state index contributed by atoms with van der Waals surface area (Å²) in [5, 5.41) is 5.97. The first kappa shape index (κ1) is 11.7. The fourth-order valence-corrected chi connectivity index (χ4v) is 3.38. The quantitative estimate of drug-likeness (QED) is 0.774. The molecule has 0 saturated carbocycles. The smallest absolute Gasteiger partial charge is 0.0842 e. The standard InChI is InChI=1S/C16H18N4/c1-19-10-12(11-5-2-3-6-14(11)19)16-13(9-17)18-20-8-4-7-15(16)20/h2-3,5-6,10H,4,7-9,17H2,1H3. The van der Waals surface area contributed by atoms with Crippen molar-refractivity contribution in [1.82, 2.24) is 14.3 Å². The Balaban J connectivity index is 2.05. The average molecular weight is 266 g/mol. The van der Waals surface area contributed by atoms with E-state index in [-0.39, 0.29) is 0 Å². The molecule has 1 aliphatic heterocycles. The van der Waals surface area contributed by atoms with E-state index >= 15 is 0 Å². The maximum atomic E-state index is 5.92. The third-order valence-corrected chi connectivity index (χ3v) is 4.27. The van der Waals surface area contributed by atoms with Gasteiger partial charge in [-0.25, -0.2) is 0 Å². The number of para-hydroxylation sites is 1. The second-order valence-corrected chi connectivity index (χ2v) is 5.47. The van der Waals surface area contributed by atoms with Crippen LogP contribution in [-0.2, 0) is 26.6 Å². The molecule has 2 aromatic heterocycles. The van der Waals surface area contributed by atoms with Crippen molar-refractivity contribution in [3.8, 4) is 11.1 Å². The van der Waals surface area contributed by atoms with Crippen molar-refractivity contribution < 1.29 is 0 Å². The molecule has 1 aromatic carbocycles. The van der Waals surface area contributed by atoms with Gasteiger partial charge < -0.3 is 10.3 Å². The fourth-order valence-electron chi connectivity index (χ4n) is 3.38. The Bertz CT molecular complexity index is 794. The summed E-state index contributed by atoms with van der Waals surface area (Å²) >= 11 is 0. The van der Waals surface area contributed by atoms with Crippen LogP contribution in [0.25, 0.3) is 22.0 Å². The maximum Gasteiger partial charge on any atom is 0.0842 e. The van der Waals surface area contributed by atoms with Crippen LogP contribution < -0.4 is 5.73 Å². The lowest BCUT2D eigenvalue weighted by atomic mass is 10.0. The lowest BCUT2D eigenvalue weighted by Crippen LogP contribution is -2.01. The summed E-state index contributed by atoms with van der Waals surface area (Å²) in [5.74, 6) is 0. The highest BCUT2D eigenvalue weighted by Crippen LogP contribution is 2.36. The molecule has 0 spiro atoms. The molecule has 0 radical (unpaired) electrons. The van der Waals surface area contributed by atoms with Gasteiger partial charge in [-0.2, -0.15) is 5.10 Å². The summed E-state index contributed by atoms with van der Waals surface area (Å²) in [4.78, 5) is 0. The lowest BCUT2D eigenvalue weighted by molar-refractivity contribution is 0.644. The molecular formula is C16H18N4. The van der Waals surface area contributed by atoms with Gasteiger partial charge in [-0.05, 0) is 18.9 Å². The van der Waals surface area contributed by atoms with E-state index in [1.165, 1.54) is 34.1 Å². The molecule has 0 fully saturated rings. The Morgan fingerprint density at radius 2 is 2.15 bits per heavy atom. The van der Waals surface area contributed by atoms with Crippen LogP contribution in [0.15, 0.2) is 30.5 Å². The summed E-state index contributed by atoms with van der Waals surface area (Å²) in [6.45, 7) is 1.52. The normalized spacial score (nSPS) is 14.1. The van der Waals surface area contributed by atoms with Crippen LogP contribution in [-0.4, -0.2) is 14.3 Å². The van der Waals surface area contributed by atoms with Crippen molar-refractivity contribution in [2.75, 3.05) is 0 Å². The third kappa shape index (κ3) is 1.48. The number of nitrogens with two attached hydrogens (primary N) is 1. The van der Waals surface area contributed by atoms with Crippen molar-refractivity contribution in [3.63, 3.8) is 0 Å². The summed E-state index contributed by atoms with van der Waals surface area (Å²) in [7, 11) is 2.09. The minimum Gasteiger partial charge on any atom is -0.350 e. The van der Waals surface area contributed by atoms with Gasteiger partial charge in [0.05, 0.1) is 5.69 Å². The Morgan fingerprint density at radius 1 is 1.30 bits per heavy atom. The topological polar surface area (TPSA) is 48.8 Å². The SMILES string of the molecule is Cn1cc(-c2c(CN)nn3c2CCC3)c2ccccc21. The van der Waals surface area contributed by atoms with Crippen LogP contribution in [0, 0.1) is 0 Å². The summed E-state index contributed by atoms with van der Waals surface area (Å²) in [5.41, 5.74) is 12.1. The summed E-state index contributed by atoms with van der Waals surface area (Å²) in [6.07, 6.45) is 4.50. The Hall–Kier alpha value is -2.07. The van der Waals surface area contributed by atoms with E-state index in [0.29, 0.717) is 6.54 Å². The van der Waals surface area contributed by atoms with Crippen molar-refractivity contribution in [3.05, 3.63) is 41.9 Å². The first-order valence-electron chi connectivity index (χ1n) is 7.12. The molecule has 0 atom stereocenters. The monoisotopic (exact) mass is 266 g/mol. The molecule has 20 heavy (non-hydrogen) atoms. The predicted molar refractivity (Wildman–Crippen MR) is 80.4 cm³/mol. The van der Waals surface area contributed by atoms with Gasteiger partial charge in [0, 0.05) is 54.1 Å². The minimum absolute atomic E-state index is 0.499. The Morgan fingerprint density at radius 3 is 3.00 bits per heavy atom. The Labute approximate surface area is 117 Å². The molecule has 2 N–H and O–H groups in total. The molecule has 4 rings (SSSR count). The van der Waals surface area contributed by atoms with Crippen molar-refractivity contribution in [1.29, 1.82) is 0 Å². The van der Waals surface area contributed by atoms with Gasteiger partial charge in [-0.15, -0.1) is 0 Å². The number of aromatic nitrogens is 3. The Kier molecular flexibility index (Phi) is 2.47. The number of hydrogen-bond acceptors (Lipinski definition) is 2. The van der Waals surface area contributed by atoms with Crippen LogP contribution >= 0.6 is 0 Å². The van der Waals surface area contributed by atoms with Crippen molar-refractivity contribution >= 4 is 10.9 Å². The van der Waals surface area contributed by atoms with E-state index in [1.807, 2.05) is 0 Å². The van der Waals surface area contributed by atoms with Gasteiger partial charge in [0.1, 0.15) is 0 Å². The number of aryl methyl sites for hydroxylation is 2. The molecule has 0 amide bonds. The molecular weight excluding hydrogens is 248 g/mol. The molecule has 1 aliphatic rings. The van der Waals surface area contributed by atoms with Crippen LogP contribution in [0.4, 0.5) is 0 Å². The van der Waals surface area contributed by atoms with Crippen LogP contribution in [0.5, 0.6) is 0 Å². The molecule has 0 bridgehead atoms. The second-order valence-electron chi connectivity index (χ2n) is 5.47. The van der Waals surface area contributed by atoms with Gasteiger partial charge in [0.25, 0.3) is 0 Å². The van der Waals surface area contributed by atoms with E-state index in [0.717, 1.165) is 18.7 Å². The lowest BCUT2D eigenvalue weighted by Gasteiger charge is -2.02.